The van der Waals surface area contributed by atoms with Gasteiger partial charge in [-0.25, -0.2) is 4.99 Å². The molecular weight excluding hydrogens is 709 g/mol. The van der Waals surface area contributed by atoms with E-state index in [-0.39, 0.29) is 10.7 Å². The zero-order chi connectivity index (χ0) is 38.3. The Kier molecular flexibility index (Phi) is 8.05. The quantitative estimate of drug-likeness (QED) is 0.165. The highest BCUT2D eigenvalue weighted by Crippen LogP contribution is 2.56. The predicted molar refractivity (Wildman–Crippen MR) is 243 cm³/mol. The summed E-state index contributed by atoms with van der Waals surface area (Å²) in [4.78, 5) is 5.28. The van der Waals surface area contributed by atoms with Gasteiger partial charge in [-0.05, 0) is 101 Å². The van der Waals surface area contributed by atoms with Gasteiger partial charge >= 0.3 is 0 Å². The van der Waals surface area contributed by atoms with Crippen molar-refractivity contribution in [1.29, 1.82) is 0 Å². The molecule has 1 atom stereocenters. The molecule has 2 aliphatic carbocycles. The molecule has 0 bridgehead atoms. The van der Waals surface area contributed by atoms with Gasteiger partial charge in [-0.2, -0.15) is 0 Å². The van der Waals surface area contributed by atoms with Crippen LogP contribution in [0.25, 0.3) is 55.4 Å². The Labute approximate surface area is 339 Å². The highest BCUT2D eigenvalue weighted by Gasteiger charge is 2.40. The number of aliphatic imine (C=N–C) groups is 1. The van der Waals surface area contributed by atoms with Crippen molar-refractivity contribution in [2.24, 2.45) is 4.99 Å². The summed E-state index contributed by atoms with van der Waals surface area (Å²) >= 11 is 1.82. The Morgan fingerprint density at radius 2 is 1.35 bits per heavy atom. The number of aromatic nitrogens is 1. The van der Waals surface area contributed by atoms with Gasteiger partial charge in [-0.1, -0.05) is 165 Å². The van der Waals surface area contributed by atoms with E-state index in [4.69, 9.17) is 4.99 Å². The lowest BCUT2D eigenvalue weighted by atomic mass is 9.73. The van der Waals surface area contributed by atoms with Crippen molar-refractivity contribution in [2.45, 2.75) is 56.6 Å². The van der Waals surface area contributed by atoms with E-state index in [0.29, 0.717) is 5.92 Å². The van der Waals surface area contributed by atoms with E-state index >= 15 is 0 Å². The van der Waals surface area contributed by atoms with Gasteiger partial charge in [0.15, 0.2) is 0 Å². The van der Waals surface area contributed by atoms with Crippen molar-refractivity contribution < 1.29 is 0 Å². The van der Waals surface area contributed by atoms with Crippen LogP contribution >= 0.6 is 11.8 Å². The average molecular weight is 753 g/mol. The molecule has 3 aliphatic rings. The van der Waals surface area contributed by atoms with Crippen LogP contribution in [0.3, 0.4) is 0 Å². The van der Waals surface area contributed by atoms with E-state index in [9.17, 15) is 0 Å². The van der Waals surface area contributed by atoms with Crippen molar-refractivity contribution >= 4 is 44.3 Å². The number of benzene rings is 7. The fourth-order valence-electron chi connectivity index (χ4n) is 9.70. The number of aryl methyl sites for hydroxylation is 1. The largest absolute Gasteiger partial charge is 0.309 e. The van der Waals surface area contributed by atoms with Gasteiger partial charge in [-0.15, -0.1) is 0 Å². The first-order valence-electron chi connectivity index (χ1n) is 20.4. The second kappa shape index (κ2) is 13.4. The molecule has 0 saturated heterocycles. The Hall–Kier alpha value is -5.90. The number of para-hydroxylation sites is 1. The van der Waals surface area contributed by atoms with Crippen LogP contribution in [0.15, 0.2) is 169 Å². The fraction of sp³-hybridized carbons (Fsp3) is 0.167. The van der Waals surface area contributed by atoms with E-state index in [1.165, 1.54) is 91.1 Å². The molecule has 2 heterocycles. The molecule has 1 fully saturated rings. The maximum absolute atomic E-state index is 5.28. The van der Waals surface area contributed by atoms with Gasteiger partial charge in [0, 0.05) is 38.6 Å². The summed E-state index contributed by atoms with van der Waals surface area (Å²) in [5, 5.41) is 3.81. The zero-order valence-electron chi connectivity index (χ0n) is 32.7. The Bertz CT molecular complexity index is 2930. The smallest absolute Gasteiger partial charge is 0.105 e. The third kappa shape index (κ3) is 5.51. The topological polar surface area (TPSA) is 17.3 Å². The number of thioether (sulfide) groups is 1. The number of fused-ring (bicyclic) bond motifs is 7. The highest BCUT2D eigenvalue weighted by atomic mass is 32.2. The number of nitrogens with zero attached hydrogens (tertiary/aromatic N) is 2. The van der Waals surface area contributed by atoms with Crippen LogP contribution in [0.5, 0.6) is 0 Å². The number of hydrogen-bond donors (Lipinski definition) is 0. The Morgan fingerprint density at radius 1 is 0.632 bits per heavy atom. The van der Waals surface area contributed by atoms with Gasteiger partial charge in [0.1, 0.15) is 5.04 Å². The summed E-state index contributed by atoms with van der Waals surface area (Å²) in [5.74, 6) is 0.628. The van der Waals surface area contributed by atoms with E-state index in [1.807, 2.05) is 11.8 Å². The molecule has 1 aliphatic heterocycles. The molecule has 1 aromatic heterocycles. The molecule has 11 rings (SSSR count). The van der Waals surface area contributed by atoms with Crippen molar-refractivity contribution in [2.75, 3.05) is 0 Å². The average Bonchev–Trinajstić information content (AvgIpc) is 3.69. The third-order valence-corrected chi connectivity index (χ3v) is 14.2. The van der Waals surface area contributed by atoms with Crippen LogP contribution in [0.1, 0.15) is 83.2 Å². The van der Waals surface area contributed by atoms with E-state index in [1.54, 1.807) is 0 Å². The molecular formula is C54H44N2S. The van der Waals surface area contributed by atoms with Crippen LogP contribution < -0.4 is 0 Å². The minimum absolute atomic E-state index is 0.123. The standard InChI is InChI=1S/C54H44N2S/c1-34-15-10-11-22-40(34)44-31-45-47(32-43(44)35-20-14-21-35)54(2,3)46-30-29-42-41-23-12-13-24-49(41)56(52(42)51(45)46)39-27-25-36(26-28-39)48-33-50(37-16-6-4-7-17-37)57-53(55-48)38-18-8-5-9-19-38/h4-13,15-19,22-33,35,50H,14,20-21H2,1-3H3. The lowest BCUT2D eigenvalue weighted by Gasteiger charge is -2.31. The second-order valence-electron chi connectivity index (χ2n) is 16.6. The van der Waals surface area contributed by atoms with E-state index in [2.05, 4.69) is 189 Å². The SMILES string of the molecule is Cc1ccccc1-c1cc2c(cc1C1CCC1)C(C)(C)c1ccc3c4ccccc4n(-c4ccc(C5=CC(c6ccccc6)SC(c6ccccc6)=N5)cc4)c3c1-2. The Balaban J connectivity index is 1.10. The molecule has 2 nitrogen and oxygen atoms in total. The normalized spacial score (nSPS) is 17.2. The van der Waals surface area contributed by atoms with Crippen LogP contribution in [0.4, 0.5) is 0 Å². The maximum Gasteiger partial charge on any atom is 0.105 e. The molecule has 0 N–H and O–H groups in total. The molecule has 7 aromatic carbocycles. The van der Waals surface area contributed by atoms with Crippen molar-refractivity contribution in [1.82, 2.24) is 4.57 Å². The van der Waals surface area contributed by atoms with E-state index in [0.717, 1.165) is 27.6 Å². The predicted octanol–water partition coefficient (Wildman–Crippen LogP) is 14.6. The molecule has 8 aromatic rings. The first-order chi connectivity index (χ1) is 27.9. The molecule has 3 heteroatoms. The summed E-state index contributed by atoms with van der Waals surface area (Å²) in [7, 11) is 0. The summed E-state index contributed by atoms with van der Waals surface area (Å²) in [5.41, 5.74) is 19.4. The third-order valence-electron chi connectivity index (χ3n) is 13.0. The summed E-state index contributed by atoms with van der Waals surface area (Å²) in [6.45, 7) is 7.14. The van der Waals surface area contributed by atoms with Crippen LogP contribution in [-0.4, -0.2) is 9.61 Å². The first-order valence-corrected chi connectivity index (χ1v) is 21.3. The van der Waals surface area contributed by atoms with Gasteiger partial charge < -0.3 is 4.57 Å². The molecule has 0 radical (unpaired) electrons. The summed E-state index contributed by atoms with van der Waals surface area (Å²) < 4.78 is 2.53. The van der Waals surface area contributed by atoms with Crippen LogP contribution in [0.2, 0.25) is 0 Å². The van der Waals surface area contributed by atoms with Gasteiger partial charge in [0.25, 0.3) is 0 Å². The maximum atomic E-state index is 5.28. The second-order valence-corrected chi connectivity index (χ2v) is 17.8. The fourth-order valence-corrected chi connectivity index (χ4v) is 10.9. The first kappa shape index (κ1) is 34.4. The van der Waals surface area contributed by atoms with Crippen LogP contribution in [-0.2, 0) is 5.41 Å². The van der Waals surface area contributed by atoms with E-state index < -0.39 is 0 Å². The van der Waals surface area contributed by atoms with Crippen molar-refractivity contribution in [3.05, 3.63) is 203 Å². The van der Waals surface area contributed by atoms with Gasteiger partial charge in [0.2, 0.25) is 0 Å². The molecule has 276 valence electrons. The minimum Gasteiger partial charge on any atom is -0.309 e. The summed E-state index contributed by atoms with van der Waals surface area (Å²) in [6, 6.07) is 58.4. The van der Waals surface area contributed by atoms with Crippen molar-refractivity contribution in [3.8, 4) is 27.9 Å². The minimum atomic E-state index is -0.123. The Morgan fingerprint density at radius 3 is 2.11 bits per heavy atom. The number of rotatable bonds is 6. The highest BCUT2D eigenvalue weighted by molar-refractivity contribution is 8.14. The lowest BCUT2D eigenvalue weighted by molar-refractivity contribution is 0.420. The number of hydrogen-bond acceptors (Lipinski definition) is 2. The van der Waals surface area contributed by atoms with Gasteiger partial charge in [0.05, 0.1) is 22.0 Å². The molecule has 1 unspecified atom stereocenters. The monoisotopic (exact) mass is 752 g/mol. The zero-order valence-corrected chi connectivity index (χ0v) is 33.5. The molecule has 57 heavy (non-hydrogen) atoms. The van der Waals surface area contributed by atoms with Crippen molar-refractivity contribution in [3.63, 3.8) is 0 Å². The molecule has 0 spiro atoms. The lowest BCUT2D eigenvalue weighted by Crippen LogP contribution is -2.17. The van der Waals surface area contributed by atoms with Gasteiger partial charge in [-0.3, -0.25) is 0 Å². The van der Waals surface area contributed by atoms with Crippen LogP contribution in [0, 0.1) is 6.92 Å². The molecule has 1 saturated carbocycles. The summed E-state index contributed by atoms with van der Waals surface area (Å²) in [6.07, 6.45) is 6.21. The molecule has 0 amide bonds.